The van der Waals surface area contributed by atoms with E-state index in [2.05, 4.69) is 52.8 Å². The van der Waals surface area contributed by atoms with Crippen molar-refractivity contribution >= 4 is 51.2 Å². The number of allylic oxidation sites excluding steroid dienone is 1. The number of nitrogens with zero attached hydrogens (tertiary/aromatic N) is 2. The van der Waals surface area contributed by atoms with Gasteiger partial charge in [-0.2, -0.15) is 5.10 Å². The summed E-state index contributed by atoms with van der Waals surface area (Å²) in [4.78, 5) is 17.3. The van der Waals surface area contributed by atoms with Crippen LogP contribution in [0.5, 0.6) is 5.75 Å². The lowest BCUT2D eigenvalue weighted by Crippen LogP contribution is -2.22. The van der Waals surface area contributed by atoms with Crippen molar-refractivity contribution in [3.63, 3.8) is 0 Å². The van der Waals surface area contributed by atoms with Crippen LogP contribution in [0, 0.1) is 6.92 Å². The van der Waals surface area contributed by atoms with Crippen LogP contribution < -0.4 is 10.2 Å². The number of hydrogen-bond donors (Lipinski definition) is 1. The summed E-state index contributed by atoms with van der Waals surface area (Å²) in [5.41, 5.74) is 8.86. The summed E-state index contributed by atoms with van der Waals surface area (Å²) in [6.45, 7) is 2.08. The molecule has 5 nitrogen and oxygen atoms in total. The van der Waals surface area contributed by atoms with Gasteiger partial charge in [-0.15, -0.1) is 11.3 Å². The SMILES string of the molecule is Cc1ccc([C@H]2C(C=NNC(=O)CSc3nc4ccccc4s3)=C(c3ccccc3)Oc3ccccc32)cc1. The van der Waals surface area contributed by atoms with Gasteiger partial charge in [0.1, 0.15) is 11.5 Å². The van der Waals surface area contributed by atoms with Crippen molar-refractivity contribution in [2.75, 3.05) is 5.75 Å². The average molecular weight is 548 g/mol. The Hall–Kier alpha value is -4.20. The largest absolute Gasteiger partial charge is 0.456 e. The number of fused-ring (bicyclic) bond motifs is 2. The molecule has 0 unspecified atom stereocenters. The zero-order valence-electron chi connectivity index (χ0n) is 21.2. The van der Waals surface area contributed by atoms with E-state index in [-0.39, 0.29) is 17.6 Å². The Morgan fingerprint density at radius 1 is 0.974 bits per heavy atom. The number of carbonyl (C=O) groups is 1. The maximum Gasteiger partial charge on any atom is 0.250 e. The number of hydrazone groups is 1. The molecule has 1 N–H and O–H groups in total. The normalized spacial score (nSPS) is 14.8. The van der Waals surface area contributed by atoms with Crippen LogP contribution in [0.15, 0.2) is 118 Å². The Morgan fingerprint density at radius 2 is 1.72 bits per heavy atom. The number of para-hydroxylation sites is 2. The molecule has 1 aliphatic heterocycles. The zero-order valence-corrected chi connectivity index (χ0v) is 22.8. The molecule has 6 rings (SSSR count). The number of hydrogen-bond acceptors (Lipinski definition) is 6. The van der Waals surface area contributed by atoms with Crippen LogP contribution >= 0.6 is 23.1 Å². The van der Waals surface area contributed by atoms with E-state index in [1.165, 1.54) is 17.3 Å². The molecule has 4 aromatic carbocycles. The lowest BCUT2D eigenvalue weighted by molar-refractivity contribution is -0.118. The highest BCUT2D eigenvalue weighted by atomic mass is 32.2. The number of rotatable bonds is 7. The summed E-state index contributed by atoms with van der Waals surface area (Å²) in [5, 5.41) is 4.40. The van der Waals surface area contributed by atoms with E-state index in [4.69, 9.17) is 4.74 Å². The Balaban J connectivity index is 1.29. The van der Waals surface area contributed by atoms with Gasteiger partial charge in [-0.1, -0.05) is 102 Å². The number of benzene rings is 4. The van der Waals surface area contributed by atoms with Crippen LogP contribution in [0.2, 0.25) is 0 Å². The van der Waals surface area contributed by atoms with E-state index >= 15 is 0 Å². The molecule has 1 amide bonds. The van der Waals surface area contributed by atoms with Crippen molar-refractivity contribution in [2.45, 2.75) is 17.2 Å². The molecule has 192 valence electrons. The van der Waals surface area contributed by atoms with Gasteiger partial charge in [0.05, 0.1) is 22.2 Å². The van der Waals surface area contributed by atoms with E-state index < -0.39 is 0 Å². The minimum absolute atomic E-state index is 0.108. The fourth-order valence-electron chi connectivity index (χ4n) is 4.59. The van der Waals surface area contributed by atoms with E-state index in [1.807, 2.05) is 72.8 Å². The summed E-state index contributed by atoms with van der Waals surface area (Å²) < 4.78 is 8.43. The molecule has 0 saturated carbocycles. The Bertz CT molecular complexity index is 1660. The summed E-state index contributed by atoms with van der Waals surface area (Å²) in [6, 6.07) is 34.6. The quantitative estimate of drug-likeness (QED) is 0.131. The van der Waals surface area contributed by atoms with Gasteiger partial charge in [0.25, 0.3) is 5.91 Å². The third-order valence-electron chi connectivity index (χ3n) is 6.46. The highest BCUT2D eigenvalue weighted by Gasteiger charge is 2.30. The Labute approximate surface area is 235 Å². The molecule has 0 fully saturated rings. The van der Waals surface area contributed by atoms with Gasteiger partial charge in [-0.3, -0.25) is 4.79 Å². The molecular formula is C32H25N3O2S2. The van der Waals surface area contributed by atoms with Crippen molar-refractivity contribution in [3.05, 3.63) is 131 Å². The van der Waals surface area contributed by atoms with Crippen LogP contribution in [-0.2, 0) is 4.79 Å². The van der Waals surface area contributed by atoms with Crippen LogP contribution in [-0.4, -0.2) is 22.9 Å². The summed E-state index contributed by atoms with van der Waals surface area (Å²) >= 11 is 3.00. The number of thioether (sulfide) groups is 1. The van der Waals surface area contributed by atoms with Crippen molar-refractivity contribution in [2.24, 2.45) is 5.10 Å². The molecule has 2 heterocycles. The van der Waals surface area contributed by atoms with Crippen LogP contribution in [0.3, 0.4) is 0 Å². The zero-order chi connectivity index (χ0) is 26.6. The predicted octanol–water partition coefficient (Wildman–Crippen LogP) is 7.43. The van der Waals surface area contributed by atoms with E-state index in [1.54, 1.807) is 17.6 Å². The van der Waals surface area contributed by atoms with Crippen molar-refractivity contribution < 1.29 is 9.53 Å². The molecule has 1 aliphatic rings. The topological polar surface area (TPSA) is 63.6 Å². The van der Waals surface area contributed by atoms with Crippen molar-refractivity contribution in [1.82, 2.24) is 10.4 Å². The number of nitrogens with one attached hydrogen (secondary N) is 1. The molecule has 39 heavy (non-hydrogen) atoms. The first-order valence-electron chi connectivity index (χ1n) is 12.6. The number of amides is 1. The van der Waals surface area contributed by atoms with Gasteiger partial charge in [0.2, 0.25) is 0 Å². The third-order valence-corrected chi connectivity index (χ3v) is 8.64. The van der Waals surface area contributed by atoms with E-state index in [9.17, 15) is 4.79 Å². The third kappa shape index (κ3) is 5.50. The lowest BCUT2D eigenvalue weighted by Gasteiger charge is -2.30. The average Bonchev–Trinajstić information content (AvgIpc) is 3.40. The first kappa shape index (κ1) is 25.1. The van der Waals surface area contributed by atoms with Gasteiger partial charge in [-0.25, -0.2) is 10.4 Å². The molecule has 0 saturated heterocycles. The molecular weight excluding hydrogens is 523 g/mol. The highest BCUT2D eigenvalue weighted by molar-refractivity contribution is 8.01. The van der Waals surface area contributed by atoms with Gasteiger partial charge in [0.15, 0.2) is 4.34 Å². The molecule has 0 spiro atoms. The lowest BCUT2D eigenvalue weighted by atomic mass is 9.81. The molecule has 0 radical (unpaired) electrons. The predicted molar refractivity (Wildman–Crippen MR) is 160 cm³/mol. The first-order valence-corrected chi connectivity index (χ1v) is 14.4. The minimum atomic E-state index is -0.193. The van der Waals surface area contributed by atoms with E-state index in [0.29, 0.717) is 0 Å². The second kappa shape index (κ2) is 11.3. The summed E-state index contributed by atoms with van der Waals surface area (Å²) in [5.74, 6) is 1.46. The van der Waals surface area contributed by atoms with Crippen LogP contribution in [0.25, 0.3) is 16.0 Å². The van der Waals surface area contributed by atoms with E-state index in [0.717, 1.165) is 48.3 Å². The van der Waals surface area contributed by atoms with Crippen LogP contribution in [0.1, 0.15) is 28.2 Å². The highest BCUT2D eigenvalue weighted by Crippen LogP contribution is 2.45. The molecule has 5 aromatic rings. The first-order chi connectivity index (χ1) is 19.2. The second-order valence-electron chi connectivity index (χ2n) is 9.16. The smallest absolute Gasteiger partial charge is 0.250 e. The molecule has 1 aromatic heterocycles. The Kier molecular flexibility index (Phi) is 7.25. The molecule has 7 heteroatoms. The van der Waals surface area contributed by atoms with Crippen LogP contribution in [0.4, 0.5) is 0 Å². The van der Waals surface area contributed by atoms with Gasteiger partial charge in [0, 0.05) is 22.6 Å². The Morgan fingerprint density at radius 3 is 2.54 bits per heavy atom. The number of aryl methyl sites for hydroxylation is 1. The minimum Gasteiger partial charge on any atom is -0.456 e. The molecule has 1 atom stereocenters. The van der Waals surface area contributed by atoms with Gasteiger partial charge < -0.3 is 4.74 Å². The van der Waals surface area contributed by atoms with Crippen molar-refractivity contribution in [1.29, 1.82) is 0 Å². The molecule has 0 bridgehead atoms. The second-order valence-corrected chi connectivity index (χ2v) is 11.4. The summed E-state index contributed by atoms with van der Waals surface area (Å²) in [6.07, 6.45) is 1.73. The number of aromatic nitrogens is 1. The van der Waals surface area contributed by atoms with Gasteiger partial charge in [-0.05, 0) is 30.7 Å². The van der Waals surface area contributed by atoms with Crippen molar-refractivity contribution in [3.8, 4) is 5.75 Å². The standard InChI is InChI=1S/C32H25N3O2S2/c1-21-15-17-22(18-16-21)30-24-11-5-7-13-27(24)37-31(23-9-3-2-4-10-23)25(30)19-33-35-29(36)20-38-32-34-26-12-6-8-14-28(26)39-32/h2-19,30H,20H2,1H3,(H,35,36)/t30-/m1/s1. The molecule has 0 aliphatic carbocycles. The number of thiazole rings is 1. The maximum atomic E-state index is 12.7. The van der Waals surface area contributed by atoms with Gasteiger partial charge >= 0.3 is 0 Å². The fraction of sp³-hybridized carbons (Fsp3) is 0.0938. The monoisotopic (exact) mass is 547 g/mol. The number of ether oxygens (including phenoxy) is 1. The summed E-state index contributed by atoms with van der Waals surface area (Å²) in [7, 11) is 0. The number of carbonyl (C=O) groups excluding carboxylic acids is 1. The fourth-order valence-corrected chi connectivity index (χ4v) is 6.45. The maximum absolute atomic E-state index is 12.7.